The number of hydrogen-bond donors (Lipinski definition) is 0. The molecule has 0 aromatic heterocycles. The molecule has 0 spiro atoms. The van der Waals surface area contributed by atoms with Crippen molar-refractivity contribution in [3.63, 3.8) is 0 Å². The molecule has 3 aromatic carbocycles. The first kappa shape index (κ1) is 21.2. The Labute approximate surface area is 194 Å². The van der Waals surface area contributed by atoms with Crippen LogP contribution in [-0.4, -0.2) is 54.9 Å². The second-order valence-electron chi connectivity index (χ2n) is 8.49. The summed E-state index contributed by atoms with van der Waals surface area (Å²) in [6, 6.07) is 23.4. The molecule has 0 N–H and O–H groups in total. The summed E-state index contributed by atoms with van der Waals surface area (Å²) in [5.41, 5.74) is 4.32. The van der Waals surface area contributed by atoms with E-state index in [9.17, 15) is 9.59 Å². The monoisotopic (exact) mass is 441 g/mol. The molecule has 0 saturated carbocycles. The number of piperazine rings is 1. The molecule has 33 heavy (non-hydrogen) atoms. The van der Waals surface area contributed by atoms with E-state index in [1.54, 1.807) is 31.4 Å². The van der Waals surface area contributed by atoms with E-state index in [0.717, 1.165) is 49.7 Å². The molecule has 0 aliphatic carbocycles. The van der Waals surface area contributed by atoms with Crippen LogP contribution in [-0.2, 0) is 13.1 Å². The number of hydrogen-bond acceptors (Lipinski definition) is 5. The number of para-hydroxylation sites is 2. The van der Waals surface area contributed by atoms with E-state index in [1.807, 2.05) is 30.3 Å². The van der Waals surface area contributed by atoms with Gasteiger partial charge in [0.2, 0.25) is 0 Å². The highest BCUT2D eigenvalue weighted by atomic mass is 16.5. The summed E-state index contributed by atoms with van der Waals surface area (Å²) in [7, 11) is 1.72. The number of ether oxygens (including phenoxy) is 1. The average Bonchev–Trinajstić information content (AvgIpc) is 3.10. The second-order valence-corrected chi connectivity index (χ2v) is 8.49. The molecule has 168 valence electrons. The summed E-state index contributed by atoms with van der Waals surface area (Å²) in [5.74, 6) is 0.486. The molecule has 2 amide bonds. The Hall–Kier alpha value is -3.64. The highest BCUT2D eigenvalue weighted by Gasteiger charge is 2.34. The SMILES string of the molecule is COc1ccccc1N1CCN(Cc2ccc(CN3C(=O)c4ccccc4C3=O)cc2)CC1. The van der Waals surface area contributed by atoms with Gasteiger partial charge in [0.25, 0.3) is 11.8 Å². The summed E-state index contributed by atoms with van der Waals surface area (Å²) in [4.78, 5) is 31.3. The molecule has 0 atom stereocenters. The molecule has 1 saturated heterocycles. The average molecular weight is 442 g/mol. The normalized spacial score (nSPS) is 16.3. The largest absolute Gasteiger partial charge is 0.495 e. The van der Waals surface area contributed by atoms with Gasteiger partial charge in [0.1, 0.15) is 5.75 Å². The number of methoxy groups -OCH3 is 1. The van der Waals surface area contributed by atoms with Crippen LogP contribution in [0, 0.1) is 0 Å². The van der Waals surface area contributed by atoms with E-state index in [-0.39, 0.29) is 11.8 Å². The van der Waals surface area contributed by atoms with Crippen LogP contribution < -0.4 is 9.64 Å². The fourth-order valence-corrected chi connectivity index (χ4v) is 4.61. The summed E-state index contributed by atoms with van der Waals surface area (Å²) < 4.78 is 5.51. The maximum atomic E-state index is 12.6. The molecule has 5 rings (SSSR count). The van der Waals surface area contributed by atoms with Crippen LogP contribution in [0.3, 0.4) is 0 Å². The molecule has 2 aliphatic heterocycles. The minimum Gasteiger partial charge on any atom is -0.495 e. The molecule has 1 fully saturated rings. The first-order chi connectivity index (χ1) is 16.1. The number of carbonyl (C=O) groups excluding carboxylic acids is 2. The van der Waals surface area contributed by atoms with Crippen LogP contribution in [0.2, 0.25) is 0 Å². The Kier molecular flexibility index (Phi) is 5.84. The minimum atomic E-state index is -0.215. The van der Waals surface area contributed by atoms with E-state index in [0.29, 0.717) is 17.7 Å². The number of anilines is 1. The van der Waals surface area contributed by atoms with Crippen LogP contribution in [0.15, 0.2) is 72.8 Å². The Morgan fingerprint density at radius 1 is 0.697 bits per heavy atom. The van der Waals surface area contributed by atoms with Gasteiger partial charge in [-0.05, 0) is 35.4 Å². The van der Waals surface area contributed by atoms with Crippen LogP contribution in [0.4, 0.5) is 5.69 Å². The number of imide groups is 1. The first-order valence-corrected chi connectivity index (χ1v) is 11.3. The molecule has 0 unspecified atom stereocenters. The van der Waals surface area contributed by atoms with Crippen molar-refractivity contribution in [2.45, 2.75) is 13.1 Å². The van der Waals surface area contributed by atoms with Crippen molar-refractivity contribution in [3.8, 4) is 5.75 Å². The molecular weight excluding hydrogens is 414 g/mol. The molecule has 0 radical (unpaired) electrons. The number of carbonyl (C=O) groups is 2. The molecule has 3 aromatic rings. The van der Waals surface area contributed by atoms with Gasteiger partial charge in [0.15, 0.2) is 0 Å². The Morgan fingerprint density at radius 2 is 1.24 bits per heavy atom. The van der Waals surface area contributed by atoms with Gasteiger partial charge < -0.3 is 9.64 Å². The van der Waals surface area contributed by atoms with E-state index in [4.69, 9.17) is 4.74 Å². The van der Waals surface area contributed by atoms with Crippen LogP contribution >= 0.6 is 0 Å². The van der Waals surface area contributed by atoms with Crippen molar-refractivity contribution < 1.29 is 14.3 Å². The molecular formula is C27H27N3O3. The van der Waals surface area contributed by atoms with E-state index in [2.05, 4.69) is 28.0 Å². The third-order valence-corrected chi connectivity index (χ3v) is 6.45. The third kappa shape index (κ3) is 4.22. The van der Waals surface area contributed by atoms with E-state index >= 15 is 0 Å². The quantitative estimate of drug-likeness (QED) is 0.545. The number of fused-ring (bicyclic) bond motifs is 1. The van der Waals surface area contributed by atoms with Gasteiger partial charge in [-0.15, -0.1) is 0 Å². The van der Waals surface area contributed by atoms with Gasteiger partial charge in [-0.3, -0.25) is 19.4 Å². The van der Waals surface area contributed by atoms with Crippen molar-refractivity contribution in [1.82, 2.24) is 9.80 Å². The van der Waals surface area contributed by atoms with Crippen LogP contribution in [0.1, 0.15) is 31.8 Å². The lowest BCUT2D eigenvalue weighted by atomic mass is 10.1. The number of amides is 2. The Balaban J connectivity index is 1.17. The lowest BCUT2D eigenvalue weighted by Crippen LogP contribution is -2.46. The second kappa shape index (κ2) is 9.08. The van der Waals surface area contributed by atoms with Crippen molar-refractivity contribution >= 4 is 17.5 Å². The van der Waals surface area contributed by atoms with Crippen molar-refractivity contribution in [3.05, 3.63) is 95.1 Å². The van der Waals surface area contributed by atoms with Crippen molar-refractivity contribution in [2.24, 2.45) is 0 Å². The lowest BCUT2D eigenvalue weighted by Gasteiger charge is -2.36. The van der Waals surface area contributed by atoms with Gasteiger partial charge >= 0.3 is 0 Å². The van der Waals surface area contributed by atoms with E-state index < -0.39 is 0 Å². The summed E-state index contributed by atoms with van der Waals surface area (Å²) >= 11 is 0. The predicted molar refractivity (Wildman–Crippen MR) is 128 cm³/mol. The van der Waals surface area contributed by atoms with Gasteiger partial charge in [-0.25, -0.2) is 0 Å². The van der Waals surface area contributed by atoms with Crippen molar-refractivity contribution in [2.75, 3.05) is 38.2 Å². The molecule has 2 heterocycles. The maximum absolute atomic E-state index is 12.6. The third-order valence-electron chi connectivity index (χ3n) is 6.45. The molecule has 6 nitrogen and oxygen atoms in total. The predicted octanol–water partition coefficient (Wildman–Crippen LogP) is 3.81. The summed E-state index contributed by atoms with van der Waals surface area (Å²) in [6.07, 6.45) is 0. The lowest BCUT2D eigenvalue weighted by molar-refractivity contribution is 0.0642. The zero-order valence-corrected chi connectivity index (χ0v) is 18.7. The Morgan fingerprint density at radius 3 is 1.85 bits per heavy atom. The standard InChI is InChI=1S/C27H27N3O3/c1-33-25-9-5-4-8-24(25)29-16-14-28(15-17-29)18-20-10-12-21(13-11-20)19-30-26(31)22-6-2-3-7-23(22)27(30)32/h2-13H,14-19H2,1H3. The van der Waals surface area contributed by atoms with Gasteiger partial charge in [0, 0.05) is 32.7 Å². The Bertz CT molecular complexity index is 1130. The van der Waals surface area contributed by atoms with Crippen LogP contribution in [0.5, 0.6) is 5.75 Å². The summed E-state index contributed by atoms with van der Waals surface area (Å²) in [5, 5.41) is 0. The fraction of sp³-hybridized carbons (Fsp3) is 0.259. The maximum Gasteiger partial charge on any atom is 0.261 e. The molecule has 0 bridgehead atoms. The number of rotatable bonds is 6. The zero-order chi connectivity index (χ0) is 22.8. The minimum absolute atomic E-state index is 0.215. The fourth-order valence-electron chi connectivity index (χ4n) is 4.61. The van der Waals surface area contributed by atoms with Crippen molar-refractivity contribution in [1.29, 1.82) is 0 Å². The number of benzene rings is 3. The number of nitrogens with zero attached hydrogens (tertiary/aromatic N) is 3. The highest BCUT2D eigenvalue weighted by Crippen LogP contribution is 2.29. The van der Waals surface area contributed by atoms with E-state index in [1.165, 1.54) is 10.5 Å². The topological polar surface area (TPSA) is 53.1 Å². The van der Waals surface area contributed by atoms with Gasteiger partial charge in [0.05, 0.1) is 30.5 Å². The molecule has 6 heteroatoms. The van der Waals surface area contributed by atoms with Gasteiger partial charge in [-0.2, -0.15) is 0 Å². The first-order valence-electron chi connectivity index (χ1n) is 11.3. The van der Waals surface area contributed by atoms with Gasteiger partial charge in [-0.1, -0.05) is 48.5 Å². The smallest absolute Gasteiger partial charge is 0.261 e. The zero-order valence-electron chi connectivity index (χ0n) is 18.7. The highest BCUT2D eigenvalue weighted by molar-refractivity contribution is 6.21. The van der Waals surface area contributed by atoms with Crippen LogP contribution in [0.25, 0.3) is 0 Å². The molecule has 2 aliphatic rings. The summed E-state index contributed by atoms with van der Waals surface area (Å²) in [6.45, 7) is 5.05.